The van der Waals surface area contributed by atoms with Crippen LogP contribution in [0.3, 0.4) is 0 Å². The van der Waals surface area contributed by atoms with Crippen LogP contribution < -0.4 is 15.5 Å². The molecule has 2 saturated heterocycles. The first-order chi connectivity index (χ1) is 14.4. The predicted octanol–water partition coefficient (Wildman–Crippen LogP) is 1.65. The second kappa shape index (κ2) is 9.60. The third kappa shape index (κ3) is 5.08. The highest BCUT2D eigenvalue weighted by molar-refractivity contribution is 6.39. The second-order valence-electron chi connectivity index (χ2n) is 7.71. The Morgan fingerprint density at radius 1 is 1.13 bits per heavy atom. The van der Waals surface area contributed by atoms with E-state index in [0.717, 1.165) is 30.5 Å². The van der Waals surface area contributed by atoms with Crippen LogP contribution in [0.25, 0.3) is 0 Å². The molecule has 4 amide bonds. The maximum absolute atomic E-state index is 12.3. The van der Waals surface area contributed by atoms with Gasteiger partial charge >= 0.3 is 17.9 Å². The minimum Gasteiger partial charge on any atom is -0.453 e. The van der Waals surface area contributed by atoms with Crippen molar-refractivity contribution < 1.29 is 23.9 Å². The zero-order valence-electron chi connectivity index (χ0n) is 17.4. The van der Waals surface area contributed by atoms with Gasteiger partial charge in [-0.15, -0.1) is 0 Å². The van der Waals surface area contributed by atoms with Crippen molar-refractivity contribution in [3.05, 3.63) is 23.8 Å². The van der Waals surface area contributed by atoms with Gasteiger partial charge in [-0.1, -0.05) is 6.07 Å². The Hall–Kier alpha value is -3.10. The summed E-state index contributed by atoms with van der Waals surface area (Å²) in [4.78, 5) is 51.3. The van der Waals surface area contributed by atoms with Crippen LogP contribution in [0.1, 0.15) is 31.2 Å². The molecule has 162 valence electrons. The van der Waals surface area contributed by atoms with Crippen molar-refractivity contribution in [3.8, 4) is 0 Å². The van der Waals surface area contributed by atoms with Crippen LogP contribution in [0.4, 0.5) is 16.2 Å². The molecule has 0 bridgehead atoms. The van der Waals surface area contributed by atoms with Crippen LogP contribution in [-0.2, 0) is 19.1 Å². The molecule has 1 aromatic carbocycles. The number of ether oxygens (including phenoxy) is 1. The Bertz CT molecular complexity index is 833. The van der Waals surface area contributed by atoms with E-state index in [0.29, 0.717) is 38.3 Å². The Morgan fingerprint density at radius 2 is 1.87 bits per heavy atom. The van der Waals surface area contributed by atoms with E-state index in [4.69, 9.17) is 4.74 Å². The highest BCUT2D eigenvalue weighted by Gasteiger charge is 2.25. The van der Waals surface area contributed by atoms with Crippen molar-refractivity contribution in [2.45, 2.75) is 32.6 Å². The number of carbonyl (C=O) groups excluding carboxylic acids is 4. The molecule has 3 rings (SSSR count). The number of nitrogens with one attached hydrogen (secondary N) is 2. The van der Waals surface area contributed by atoms with Crippen LogP contribution in [0.5, 0.6) is 0 Å². The van der Waals surface area contributed by atoms with Crippen LogP contribution in [0.15, 0.2) is 18.2 Å². The Morgan fingerprint density at radius 3 is 2.50 bits per heavy atom. The van der Waals surface area contributed by atoms with Gasteiger partial charge in [-0.2, -0.15) is 0 Å². The van der Waals surface area contributed by atoms with Crippen LogP contribution >= 0.6 is 0 Å². The Kier molecular flexibility index (Phi) is 6.91. The lowest BCUT2D eigenvalue weighted by Crippen LogP contribution is -2.43. The number of amides is 4. The summed E-state index contributed by atoms with van der Waals surface area (Å²) in [5.41, 5.74) is 2.17. The summed E-state index contributed by atoms with van der Waals surface area (Å²) in [6.07, 6.45) is 2.47. The summed E-state index contributed by atoms with van der Waals surface area (Å²) < 4.78 is 4.71. The molecule has 0 aromatic heterocycles. The fourth-order valence-corrected chi connectivity index (χ4v) is 3.83. The summed E-state index contributed by atoms with van der Waals surface area (Å²) in [7, 11) is 1.35. The lowest BCUT2D eigenvalue weighted by atomic mass is 9.97. The number of benzene rings is 1. The Balaban J connectivity index is 1.50. The molecule has 0 radical (unpaired) electrons. The largest absolute Gasteiger partial charge is 0.453 e. The number of piperidine rings is 1. The fraction of sp³-hybridized carbons (Fsp3) is 0.524. The zero-order valence-corrected chi connectivity index (χ0v) is 17.4. The van der Waals surface area contributed by atoms with E-state index < -0.39 is 11.8 Å². The number of hydrogen-bond acceptors (Lipinski definition) is 5. The maximum Gasteiger partial charge on any atom is 0.409 e. The summed E-state index contributed by atoms with van der Waals surface area (Å²) in [5, 5.41) is 5.27. The molecule has 0 atom stereocenters. The fourth-order valence-electron chi connectivity index (χ4n) is 3.83. The topological polar surface area (TPSA) is 108 Å². The molecule has 2 heterocycles. The van der Waals surface area contributed by atoms with E-state index in [1.54, 1.807) is 21.9 Å². The molecule has 9 heteroatoms. The first-order valence-corrected chi connectivity index (χ1v) is 10.2. The van der Waals surface area contributed by atoms with Crippen molar-refractivity contribution in [2.75, 3.05) is 43.5 Å². The van der Waals surface area contributed by atoms with Gasteiger partial charge in [-0.3, -0.25) is 14.4 Å². The number of carbonyl (C=O) groups is 4. The number of likely N-dealkylation sites (tertiary alicyclic amines) is 1. The molecule has 30 heavy (non-hydrogen) atoms. The predicted molar refractivity (Wildman–Crippen MR) is 111 cm³/mol. The lowest BCUT2D eigenvalue weighted by molar-refractivity contribution is -0.136. The molecule has 0 saturated carbocycles. The normalized spacial score (nSPS) is 17.1. The van der Waals surface area contributed by atoms with Gasteiger partial charge in [-0.25, -0.2) is 4.79 Å². The highest BCUT2D eigenvalue weighted by Crippen LogP contribution is 2.28. The number of anilines is 2. The third-order valence-corrected chi connectivity index (χ3v) is 5.64. The van der Waals surface area contributed by atoms with Gasteiger partial charge < -0.3 is 25.2 Å². The smallest absolute Gasteiger partial charge is 0.409 e. The van der Waals surface area contributed by atoms with Gasteiger partial charge in [0.25, 0.3) is 0 Å². The van der Waals surface area contributed by atoms with E-state index in [1.807, 2.05) is 13.0 Å². The number of rotatable bonds is 4. The number of methoxy groups -OCH3 is 1. The minimum absolute atomic E-state index is 0.0672. The van der Waals surface area contributed by atoms with Gasteiger partial charge in [-0.05, 0) is 49.8 Å². The molecular weight excluding hydrogens is 388 g/mol. The maximum atomic E-state index is 12.3. The third-order valence-electron chi connectivity index (χ3n) is 5.64. The summed E-state index contributed by atoms with van der Waals surface area (Å²) in [6.45, 7) is 4.08. The molecule has 2 aliphatic heterocycles. The van der Waals surface area contributed by atoms with Gasteiger partial charge in [0.2, 0.25) is 5.91 Å². The van der Waals surface area contributed by atoms with Crippen molar-refractivity contribution in [2.24, 2.45) is 5.92 Å². The van der Waals surface area contributed by atoms with Gasteiger partial charge in [0.1, 0.15) is 0 Å². The number of hydrogen-bond donors (Lipinski definition) is 2. The Labute approximate surface area is 175 Å². The molecule has 2 N–H and O–H groups in total. The van der Waals surface area contributed by atoms with Crippen LogP contribution in [-0.4, -0.2) is 62.0 Å². The van der Waals surface area contributed by atoms with Crippen LogP contribution in [0, 0.1) is 12.8 Å². The average molecular weight is 416 g/mol. The van der Waals surface area contributed by atoms with E-state index in [-0.39, 0.29) is 17.9 Å². The summed E-state index contributed by atoms with van der Waals surface area (Å²) in [6, 6.07) is 5.27. The van der Waals surface area contributed by atoms with Crippen molar-refractivity contribution in [1.82, 2.24) is 10.2 Å². The van der Waals surface area contributed by atoms with Gasteiger partial charge in [0, 0.05) is 44.0 Å². The monoisotopic (exact) mass is 416 g/mol. The molecule has 2 aliphatic rings. The second-order valence-corrected chi connectivity index (χ2v) is 7.71. The molecule has 1 aromatic rings. The van der Waals surface area contributed by atoms with Crippen molar-refractivity contribution >= 4 is 35.2 Å². The molecule has 2 fully saturated rings. The summed E-state index contributed by atoms with van der Waals surface area (Å²) in [5.74, 6) is -1.18. The van der Waals surface area contributed by atoms with E-state index >= 15 is 0 Å². The molecule has 0 aliphatic carbocycles. The van der Waals surface area contributed by atoms with Gasteiger partial charge in [0.15, 0.2) is 0 Å². The number of aryl methyl sites for hydroxylation is 1. The van der Waals surface area contributed by atoms with E-state index in [1.165, 1.54) is 7.11 Å². The molecule has 0 unspecified atom stereocenters. The number of nitrogens with zero attached hydrogens (tertiary/aromatic N) is 2. The van der Waals surface area contributed by atoms with Crippen molar-refractivity contribution in [3.63, 3.8) is 0 Å². The van der Waals surface area contributed by atoms with Crippen molar-refractivity contribution in [1.29, 1.82) is 0 Å². The first kappa shape index (κ1) is 21.6. The standard InChI is InChI=1S/C21H28N4O5/c1-14-5-6-16(12-17(14)25-9-3-4-18(25)26)23-20(28)19(27)22-13-15-7-10-24(11-8-15)21(29)30-2/h5-6,12,15H,3-4,7-11,13H2,1-2H3,(H,22,27)(H,23,28). The van der Waals surface area contributed by atoms with E-state index in [9.17, 15) is 19.2 Å². The quantitative estimate of drug-likeness (QED) is 0.726. The minimum atomic E-state index is -0.746. The van der Waals surface area contributed by atoms with Gasteiger partial charge in [0.05, 0.1) is 7.11 Å². The zero-order chi connectivity index (χ0) is 21.7. The molecule has 0 spiro atoms. The summed E-state index contributed by atoms with van der Waals surface area (Å²) >= 11 is 0. The highest BCUT2D eigenvalue weighted by atomic mass is 16.5. The van der Waals surface area contributed by atoms with E-state index in [2.05, 4.69) is 10.6 Å². The SMILES string of the molecule is COC(=O)N1CCC(CNC(=O)C(=O)Nc2ccc(C)c(N3CCCC3=O)c2)CC1. The van der Waals surface area contributed by atoms with Crippen LogP contribution in [0.2, 0.25) is 0 Å². The molecular formula is C21H28N4O5. The first-order valence-electron chi connectivity index (χ1n) is 10.2. The average Bonchev–Trinajstić information content (AvgIpc) is 3.18. The molecule has 9 nitrogen and oxygen atoms in total. The lowest BCUT2D eigenvalue weighted by Gasteiger charge is -2.30.